The van der Waals surface area contributed by atoms with Crippen LogP contribution in [0.4, 0.5) is 0 Å². The third-order valence-corrected chi connectivity index (χ3v) is 9.66. The maximum Gasteiger partial charge on any atom is 0.175 e. The molecule has 4 aliphatic rings. The molecule has 0 aromatic heterocycles. The molecule has 0 spiro atoms. The second-order valence-electron chi connectivity index (χ2n) is 9.79. The molecular weight excluding hydrogens is 388 g/mol. The normalized spacial score (nSPS) is 49.2. The first-order chi connectivity index (χ1) is 12.3. The Bertz CT molecular complexity index is 680. The van der Waals surface area contributed by atoms with Crippen LogP contribution >= 0.6 is 15.9 Å². The Balaban J connectivity index is 1.67. The molecule has 0 heterocycles. The number of aliphatic hydroxyl groups is 1. The number of carbonyl (C=O) groups is 1. The summed E-state index contributed by atoms with van der Waals surface area (Å²) >= 11 is 3.31. The maximum atomic E-state index is 12.6. The molecule has 0 aromatic carbocycles. The van der Waals surface area contributed by atoms with Crippen molar-refractivity contribution in [2.24, 2.45) is 28.6 Å². The third kappa shape index (κ3) is 2.35. The SMILES string of the molecule is CC=C1CC[C@@]2(C)C(=CC[C@@H]3[C@@H]2CC[C@@]2(C)[C@H]3CC[C@]2(O)C(=O)CBr)C1. The molecule has 6 atom stereocenters. The number of allylic oxidation sites excluding steroid dienone is 4. The summed E-state index contributed by atoms with van der Waals surface area (Å²) in [5.74, 6) is 1.83. The Labute approximate surface area is 166 Å². The highest BCUT2D eigenvalue weighted by atomic mass is 79.9. The Morgan fingerprint density at radius 2 is 2.00 bits per heavy atom. The average molecular weight is 421 g/mol. The lowest BCUT2D eigenvalue weighted by molar-refractivity contribution is -0.158. The molecule has 0 amide bonds. The quantitative estimate of drug-likeness (QED) is 0.466. The van der Waals surface area contributed by atoms with Crippen LogP contribution in [0.15, 0.2) is 23.3 Å². The van der Waals surface area contributed by atoms with Crippen molar-refractivity contribution in [3.63, 3.8) is 0 Å². The molecule has 0 aliphatic heterocycles. The van der Waals surface area contributed by atoms with E-state index >= 15 is 0 Å². The van der Waals surface area contributed by atoms with Crippen molar-refractivity contribution < 1.29 is 9.90 Å². The van der Waals surface area contributed by atoms with Crippen molar-refractivity contribution in [3.8, 4) is 0 Å². The molecule has 3 fully saturated rings. The van der Waals surface area contributed by atoms with Crippen LogP contribution in [0.1, 0.15) is 72.1 Å². The van der Waals surface area contributed by atoms with Gasteiger partial charge in [-0.05, 0) is 81.5 Å². The number of rotatable bonds is 2. The lowest BCUT2D eigenvalue weighted by Gasteiger charge is -2.58. The first kappa shape index (κ1) is 18.9. The van der Waals surface area contributed by atoms with Crippen LogP contribution in [0.3, 0.4) is 0 Å². The zero-order chi connectivity index (χ0) is 18.7. The van der Waals surface area contributed by atoms with Gasteiger partial charge in [-0.15, -0.1) is 0 Å². The van der Waals surface area contributed by atoms with Crippen molar-refractivity contribution in [2.75, 3.05) is 5.33 Å². The number of Topliss-reactive ketones (excluding diaryl/α,β-unsaturated/α-hetero) is 1. The van der Waals surface area contributed by atoms with E-state index in [1.165, 1.54) is 19.3 Å². The van der Waals surface area contributed by atoms with Crippen LogP contribution in [-0.2, 0) is 4.79 Å². The van der Waals surface area contributed by atoms with Crippen molar-refractivity contribution in [3.05, 3.63) is 23.3 Å². The molecule has 4 aliphatic carbocycles. The van der Waals surface area contributed by atoms with Gasteiger partial charge in [0.25, 0.3) is 0 Å². The number of fused-ring (bicyclic) bond motifs is 5. The second kappa shape index (κ2) is 6.30. The lowest BCUT2D eigenvalue weighted by Crippen LogP contribution is -2.57. The molecule has 0 bridgehead atoms. The predicted octanol–water partition coefficient (Wildman–Crippen LogP) is 5.59. The van der Waals surface area contributed by atoms with Gasteiger partial charge in [-0.3, -0.25) is 4.79 Å². The number of halogens is 1. The molecule has 0 unspecified atom stereocenters. The van der Waals surface area contributed by atoms with Gasteiger partial charge in [0, 0.05) is 5.41 Å². The molecule has 3 saturated carbocycles. The zero-order valence-electron chi connectivity index (χ0n) is 16.5. The Morgan fingerprint density at radius 1 is 1.27 bits per heavy atom. The molecule has 144 valence electrons. The smallest absolute Gasteiger partial charge is 0.175 e. The van der Waals surface area contributed by atoms with E-state index in [0.717, 1.165) is 31.6 Å². The van der Waals surface area contributed by atoms with Crippen molar-refractivity contribution in [1.82, 2.24) is 0 Å². The lowest BCUT2D eigenvalue weighted by atomic mass is 9.46. The van der Waals surface area contributed by atoms with Crippen LogP contribution in [0.2, 0.25) is 0 Å². The van der Waals surface area contributed by atoms with Gasteiger partial charge in [-0.1, -0.05) is 53.1 Å². The van der Waals surface area contributed by atoms with Crippen LogP contribution in [-0.4, -0.2) is 21.8 Å². The molecule has 0 saturated heterocycles. The summed E-state index contributed by atoms with van der Waals surface area (Å²) in [4.78, 5) is 12.6. The maximum absolute atomic E-state index is 12.6. The minimum atomic E-state index is -1.12. The monoisotopic (exact) mass is 420 g/mol. The fourth-order valence-corrected chi connectivity index (χ4v) is 7.82. The number of hydrogen-bond donors (Lipinski definition) is 1. The van der Waals surface area contributed by atoms with E-state index in [0.29, 0.717) is 23.7 Å². The molecule has 3 heteroatoms. The zero-order valence-corrected chi connectivity index (χ0v) is 18.1. The van der Waals surface area contributed by atoms with Crippen molar-refractivity contribution in [1.29, 1.82) is 0 Å². The van der Waals surface area contributed by atoms with Crippen LogP contribution in [0.5, 0.6) is 0 Å². The van der Waals surface area contributed by atoms with E-state index < -0.39 is 5.60 Å². The standard InChI is InChI=1S/C23H33BrO2/c1-4-15-7-10-21(2)16(13-15)5-6-17-18(21)8-11-22(3)19(17)9-12-23(22,26)20(25)14-24/h4-5,17-19,26H,6-14H2,1-3H3/t17-,18+,19+,21+,22+,23+/m1/s1. The van der Waals surface area contributed by atoms with Crippen LogP contribution < -0.4 is 0 Å². The highest BCUT2D eigenvalue weighted by Crippen LogP contribution is 2.67. The molecule has 1 N–H and O–H groups in total. The predicted molar refractivity (Wildman–Crippen MR) is 109 cm³/mol. The minimum Gasteiger partial charge on any atom is -0.381 e. The summed E-state index contributed by atoms with van der Waals surface area (Å²) in [6.07, 6.45) is 13.5. The summed E-state index contributed by atoms with van der Waals surface area (Å²) in [6, 6.07) is 0. The topological polar surface area (TPSA) is 37.3 Å². The van der Waals surface area contributed by atoms with E-state index in [1.807, 2.05) is 0 Å². The fourth-order valence-electron chi connectivity index (χ4n) is 7.36. The summed E-state index contributed by atoms with van der Waals surface area (Å²) in [7, 11) is 0. The Hall–Kier alpha value is -0.410. The van der Waals surface area contributed by atoms with Gasteiger partial charge >= 0.3 is 0 Å². The summed E-state index contributed by atoms with van der Waals surface area (Å²) in [6.45, 7) is 6.90. The highest BCUT2D eigenvalue weighted by Gasteiger charge is 2.65. The first-order valence-electron chi connectivity index (χ1n) is 10.5. The van der Waals surface area contributed by atoms with E-state index in [9.17, 15) is 9.90 Å². The van der Waals surface area contributed by atoms with Gasteiger partial charge in [-0.2, -0.15) is 0 Å². The van der Waals surface area contributed by atoms with Gasteiger partial charge in [0.1, 0.15) is 5.60 Å². The third-order valence-electron chi connectivity index (χ3n) is 9.15. The average Bonchev–Trinajstić information content (AvgIpc) is 2.92. The van der Waals surface area contributed by atoms with Gasteiger partial charge in [0.15, 0.2) is 5.78 Å². The van der Waals surface area contributed by atoms with Crippen molar-refractivity contribution in [2.45, 2.75) is 77.7 Å². The first-order valence-corrected chi connectivity index (χ1v) is 11.6. The second-order valence-corrected chi connectivity index (χ2v) is 10.4. The fraction of sp³-hybridized carbons (Fsp3) is 0.783. The van der Waals surface area contributed by atoms with Crippen LogP contribution in [0.25, 0.3) is 0 Å². The molecular formula is C23H33BrO2. The summed E-state index contributed by atoms with van der Waals surface area (Å²) < 4.78 is 0. The summed E-state index contributed by atoms with van der Waals surface area (Å²) in [5.41, 5.74) is 2.24. The van der Waals surface area contributed by atoms with Gasteiger partial charge in [0.05, 0.1) is 5.33 Å². The number of hydrogen-bond acceptors (Lipinski definition) is 2. The van der Waals surface area contributed by atoms with E-state index in [2.05, 4.69) is 48.9 Å². The highest BCUT2D eigenvalue weighted by molar-refractivity contribution is 9.09. The van der Waals surface area contributed by atoms with E-state index in [4.69, 9.17) is 0 Å². The largest absolute Gasteiger partial charge is 0.381 e. The number of ketones is 1. The number of carbonyl (C=O) groups excluding carboxylic acids is 1. The Morgan fingerprint density at radius 3 is 2.69 bits per heavy atom. The van der Waals surface area contributed by atoms with Gasteiger partial charge < -0.3 is 5.11 Å². The van der Waals surface area contributed by atoms with E-state index in [1.54, 1.807) is 11.1 Å². The summed E-state index contributed by atoms with van der Waals surface area (Å²) in [5, 5.41) is 11.6. The molecule has 4 rings (SSSR count). The van der Waals surface area contributed by atoms with E-state index in [-0.39, 0.29) is 16.5 Å². The minimum absolute atomic E-state index is 0.00501. The molecule has 2 nitrogen and oxygen atoms in total. The van der Waals surface area contributed by atoms with Gasteiger partial charge in [-0.25, -0.2) is 0 Å². The van der Waals surface area contributed by atoms with Gasteiger partial charge in [0.2, 0.25) is 0 Å². The number of alkyl halides is 1. The van der Waals surface area contributed by atoms with Crippen molar-refractivity contribution >= 4 is 21.7 Å². The van der Waals surface area contributed by atoms with Crippen LogP contribution in [0, 0.1) is 28.6 Å². The molecule has 0 radical (unpaired) electrons. The molecule has 26 heavy (non-hydrogen) atoms. The molecule has 0 aromatic rings. The Kier molecular flexibility index (Phi) is 4.59.